The van der Waals surface area contributed by atoms with E-state index in [-0.39, 0.29) is 5.41 Å². The van der Waals surface area contributed by atoms with E-state index in [9.17, 15) is 0 Å². The molecule has 2 aliphatic carbocycles. The van der Waals surface area contributed by atoms with Crippen LogP contribution in [0.3, 0.4) is 0 Å². The molecule has 0 spiro atoms. The molecule has 88 valence electrons. The fourth-order valence-electron chi connectivity index (χ4n) is 3.75. The minimum Gasteiger partial charge on any atom is -0.238 e. The van der Waals surface area contributed by atoms with Crippen molar-refractivity contribution in [3.05, 3.63) is 40.2 Å². The zero-order chi connectivity index (χ0) is 12.2. The molecule has 0 radical (unpaired) electrons. The van der Waals surface area contributed by atoms with Crippen molar-refractivity contribution in [2.75, 3.05) is 0 Å². The third kappa shape index (κ3) is 1.43. The molecule has 1 saturated carbocycles. The molecule has 3 rings (SSSR count). The maximum atomic E-state index is 7.34. The first-order chi connectivity index (χ1) is 8.02. The van der Waals surface area contributed by atoms with Crippen molar-refractivity contribution >= 4 is 5.69 Å². The van der Waals surface area contributed by atoms with Crippen LogP contribution in [0, 0.1) is 6.57 Å². The van der Waals surface area contributed by atoms with Gasteiger partial charge in [0.25, 0.3) is 0 Å². The van der Waals surface area contributed by atoms with Gasteiger partial charge in [0.05, 0.1) is 6.57 Å². The van der Waals surface area contributed by atoms with E-state index in [1.165, 1.54) is 30.4 Å². The Morgan fingerprint density at radius 2 is 1.76 bits per heavy atom. The monoisotopic (exact) mass is 225 g/mol. The number of rotatable bonds is 0. The SMILES string of the molecule is [C-]#[N+]c1ccc(C(C)(C)C)c2c1C1CCC2C1. The molecule has 0 N–H and O–H groups in total. The number of benzene rings is 1. The summed E-state index contributed by atoms with van der Waals surface area (Å²) in [5.74, 6) is 1.42. The van der Waals surface area contributed by atoms with E-state index in [1.54, 1.807) is 5.56 Å². The van der Waals surface area contributed by atoms with E-state index in [0.29, 0.717) is 5.92 Å². The van der Waals surface area contributed by atoms with Gasteiger partial charge >= 0.3 is 0 Å². The Bertz CT molecular complexity index is 514. The topological polar surface area (TPSA) is 4.36 Å². The van der Waals surface area contributed by atoms with Crippen LogP contribution in [0.1, 0.15) is 68.6 Å². The summed E-state index contributed by atoms with van der Waals surface area (Å²) >= 11 is 0. The van der Waals surface area contributed by atoms with Gasteiger partial charge in [-0.25, -0.2) is 4.85 Å². The largest absolute Gasteiger partial charge is 0.238 e. The molecule has 1 heteroatoms. The second kappa shape index (κ2) is 3.35. The molecule has 2 bridgehead atoms. The Balaban J connectivity index is 2.28. The second-order valence-corrected chi connectivity index (χ2v) is 6.53. The van der Waals surface area contributed by atoms with Crippen LogP contribution < -0.4 is 0 Å². The summed E-state index contributed by atoms with van der Waals surface area (Å²) in [7, 11) is 0. The van der Waals surface area contributed by atoms with E-state index in [4.69, 9.17) is 6.57 Å². The van der Waals surface area contributed by atoms with E-state index < -0.39 is 0 Å². The fourth-order valence-corrected chi connectivity index (χ4v) is 3.75. The molecule has 1 aromatic rings. The third-order valence-corrected chi connectivity index (χ3v) is 4.44. The molecular weight excluding hydrogens is 206 g/mol. The van der Waals surface area contributed by atoms with Gasteiger partial charge in [0.15, 0.2) is 5.69 Å². The molecule has 1 nitrogen and oxygen atoms in total. The molecule has 2 aliphatic rings. The minimum absolute atomic E-state index is 0.203. The first-order valence-electron chi connectivity index (χ1n) is 6.57. The average Bonchev–Trinajstić information content (AvgIpc) is 2.87. The standard InChI is InChI=1S/C16H19N/c1-16(2,3)12-7-8-13(17-4)15-11-6-5-10(9-11)14(12)15/h7-8,10-11H,5-6,9H2,1-3H3. The highest BCUT2D eigenvalue weighted by atomic mass is 14.7. The van der Waals surface area contributed by atoms with Crippen molar-refractivity contribution in [1.82, 2.24) is 0 Å². The van der Waals surface area contributed by atoms with Gasteiger partial charge in [0.1, 0.15) is 0 Å². The molecule has 2 unspecified atom stereocenters. The van der Waals surface area contributed by atoms with Gasteiger partial charge in [0, 0.05) is 0 Å². The summed E-state index contributed by atoms with van der Waals surface area (Å²) in [5, 5.41) is 0. The number of hydrogen-bond acceptors (Lipinski definition) is 0. The number of fused-ring (bicyclic) bond motifs is 5. The van der Waals surface area contributed by atoms with Crippen LogP contribution in [-0.4, -0.2) is 0 Å². The quantitative estimate of drug-likeness (QED) is 0.553. The van der Waals surface area contributed by atoms with Crippen LogP contribution in [-0.2, 0) is 5.41 Å². The van der Waals surface area contributed by atoms with Crippen LogP contribution in [0.15, 0.2) is 12.1 Å². The normalized spacial score (nSPS) is 25.8. The van der Waals surface area contributed by atoms with Crippen molar-refractivity contribution < 1.29 is 0 Å². The molecule has 17 heavy (non-hydrogen) atoms. The van der Waals surface area contributed by atoms with Crippen LogP contribution in [0.5, 0.6) is 0 Å². The van der Waals surface area contributed by atoms with Gasteiger partial charge in [-0.15, -0.1) is 0 Å². The summed E-state index contributed by atoms with van der Waals surface area (Å²) in [6.45, 7) is 14.2. The first kappa shape index (κ1) is 10.8. The third-order valence-electron chi connectivity index (χ3n) is 4.44. The van der Waals surface area contributed by atoms with Crippen molar-refractivity contribution in [2.45, 2.75) is 57.3 Å². The van der Waals surface area contributed by atoms with E-state index >= 15 is 0 Å². The Kier molecular flexibility index (Phi) is 2.14. The Hall–Kier alpha value is -1.29. The summed E-state index contributed by atoms with van der Waals surface area (Å²) < 4.78 is 0. The molecule has 0 aliphatic heterocycles. The summed E-state index contributed by atoms with van der Waals surface area (Å²) in [6, 6.07) is 4.25. The van der Waals surface area contributed by atoms with Crippen molar-refractivity contribution in [2.24, 2.45) is 0 Å². The molecule has 1 aromatic carbocycles. The highest BCUT2D eigenvalue weighted by molar-refractivity contribution is 5.64. The van der Waals surface area contributed by atoms with E-state index in [2.05, 4.69) is 31.7 Å². The van der Waals surface area contributed by atoms with E-state index in [1.807, 2.05) is 6.07 Å². The molecule has 0 saturated heterocycles. The van der Waals surface area contributed by atoms with Crippen molar-refractivity contribution in [3.8, 4) is 0 Å². The Morgan fingerprint density at radius 1 is 1.12 bits per heavy atom. The van der Waals surface area contributed by atoms with Crippen LogP contribution in [0.2, 0.25) is 0 Å². The van der Waals surface area contributed by atoms with Crippen molar-refractivity contribution in [1.29, 1.82) is 0 Å². The first-order valence-corrected chi connectivity index (χ1v) is 6.57. The predicted molar refractivity (Wildman–Crippen MR) is 70.7 cm³/mol. The molecule has 2 atom stereocenters. The summed E-state index contributed by atoms with van der Waals surface area (Å²) in [6.07, 6.45) is 3.93. The molecule has 0 aromatic heterocycles. The van der Waals surface area contributed by atoms with Crippen LogP contribution in [0.25, 0.3) is 4.85 Å². The molecule has 1 fully saturated rings. The number of nitrogens with zero attached hydrogens (tertiary/aromatic N) is 1. The average molecular weight is 225 g/mol. The van der Waals surface area contributed by atoms with E-state index in [0.717, 1.165) is 11.6 Å². The highest BCUT2D eigenvalue weighted by Gasteiger charge is 2.41. The summed E-state index contributed by atoms with van der Waals surface area (Å²) in [4.78, 5) is 3.73. The molecular formula is C16H19N. The van der Waals surface area contributed by atoms with Crippen LogP contribution >= 0.6 is 0 Å². The highest BCUT2D eigenvalue weighted by Crippen LogP contribution is 2.58. The number of hydrogen-bond donors (Lipinski definition) is 0. The van der Waals surface area contributed by atoms with Gasteiger partial charge in [-0.3, -0.25) is 0 Å². The van der Waals surface area contributed by atoms with Crippen LogP contribution in [0.4, 0.5) is 5.69 Å². The Morgan fingerprint density at radius 3 is 2.35 bits per heavy atom. The molecule has 0 amide bonds. The van der Waals surface area contributed by atoms with Gasteiger partial charge < -0.3 is 0 Å². The maximum absolute atomic E-state index is 7.34. The van der Waals surface area contributed by atoms with Gasteiger partial charge in [-0.05, 0) is 53.2 Å². The lowest BCUT2D eigenvalue weighted by molar-refractivity contribution is 0.570. The van der Waals surface area contributed by atoms with Gasteiger partial charge in [-0.2, -0.15) is 0 Å². The Labute approximate surface area is 104 Å². The van der Waals surface area contributed by atoms with Gasteiger partial charge in [0.2, 0.25) is 0 Å². The predicted octanol–water partition coefficient (Wildman–Crippen LogP) is 4.90. The zero-order valence-electron chi connectivity index (χ0n) is 10.9. The lowest BCUT2D eigenvalue weighted by atomic mass is 9.77. The zero-order valence-corrected chi connectivity index (χ0v) is 10.9. The smallest absolute Gasteiger partial charge is 0.190 e. The lowest BCUT2D eigenvalue weighted by Gasteiger charge is -2.28. The van der Waals surface area contributed by atoms with Crippen molar-refractivity contribution in [3.63, 3.8) is 0 Å². The maximum Gasteiger partial charge on any atom is 0.190 e. The second-order valence-electron chi connectivity index (χ2n) is 6.53. The summed E-state index contributed by atoms with van der Waals surface area (Å²) in [5.41, 5.74) is 5.55. The fraction of sp³-hybridized carbons (Fsp3) is 0.562. The molecule has 0 heterocycles. The minimum atomic E-state index is 0.203. The van der Waals surface area contributed by atoms with Gasteiger partial charge in [-0.1, -0.05) is 32.9 Å². The lowest BCUT2D eigenvalue weighted by Crippen LogP contribution is -2.16.